The van der Waals surface area contributed by atoms with Crippen LogP contribution in [-0.4, -0.2) is 37.9 Å². The minimum Gasteiger partial charge on any atom is -0.467 e. The van der Waals surface area contributed by atoms with Crippen LogP contribution in [0.4, 0.5) is 0 Å². The number of rotatable bonds is 2. The third-order valence-electron chi connectivity index (χ3n) is 2.84. The zero-order valence-corrected chi connectivity index (χ0v) is 8.61. The van der Waals surface area contributed by atoms with Gasteiger partial charge in [-0.3, -0.25) is 0 Å². The van der Waals surface area contributed by atoms with E-state index in [1.54, 1.807) is 6.08 Å². The van der Waals surface area contributed by atoms with Gasteiger partial charge in [0, 0.05) is 5.57 Å². The summed E-state index contributed by atoms with van der Waals surface area (Å²) >= 11 is 0. The number of hydrogen-bond donors (Lipinski definition) is 0. The molecular weight excluding hydrogens is 200 g/mol. The molecule has 0 bridgehead atoms. The van der Waals surface area contributed by atoms with Gasteiger partial charge in [0.2, 0.25) is 0 Å². The quantitative estimate of drug-likeness (QED) is 0.483. The Labute approximate surface area is 87.0 Å². The van der Waals surface area contributed by atoms with Crippen LogP contribution in [0.15, 0.2) is 11.6 Å². The fourth-order valence-corrected chi connectivity index (χ4v) is 1.89. The van der Waals surface area contributed by atoms with Gasteiger partial charge >= 0.3 is 11.9 Å². The summed E-state index contributed by atoms with van der Waals surface area (Å²) in [5.41, 5.74) is -0.258. The third kappa shape index (κ3) is 1.43. The van der Waals surface area contributed by atoms with Crippen molar-refractivity contribution < 1.29 is 23.8 Å². The molecule has 2 unspecified atom stereocenters. The summed E-state index contributed by atoms with van der Waals surface area (Å²) in [5.74, 6) is -0.725. The first-order valence-corrected chi connectivity index (χ1v) is 4.69. The van der Waals surface area contributed by atoms with Crippen molar-refractivity contribution in [1.82, 2.24) is 0 Å². The van der Waals surface area contributed by atoms with Gasteiger partial charge in [-0.1, -0.05) is 0 Å². The van der Waals surface area contributed by atoms with Gasteiger partial charge in [-0.05, 0) is 18.9 Å². The van der Waals surface area contributed by atoms with E-state index in [4.69, 9.17) is 4.74 Å². The number of hydrogen-bond acceptors (Lipinski definition) is 5. The standard InChI is InChI=1S/C10H12O5/c1-13-8(11)6-3-4-10(9(12)14-2)7(5-6)15-10/h5,7H,3-4H2,1-2H3. The van der Waals surface area contributed by atoms with Crippen molar-refractivity contribution in [2.24, 2.45) is 0 Å². The lowest BCUT2D eigenvalue weighted by Gasteiger charge is -2.14. The molecule has 1 aliphatic carbocycles. The van der Waals surface area contributed by atoms with Gasteiger partial charge < -0.3 is 14.2 Å². The van der Waals surface area contributed by atoms with E-state index in [1.165, 1.54) is 14.2 Å². The van der Waals surface area contributed by atoms with Gasteiger partial charge in [0.25, 0.3) is 0 Å². The Morgan fingerprint density at radius 3 is 2.73 bits per heavy atom. The molecule has 0 aromatic rings. The number of epoxide rings is 1. The van der Waals surface area contributed by atoms with Gasteiger partial charge in [-0.2, -0.15) is 0 Å². The van der Waals surface area contributed by atoms with Gasteiger partial charge in [0.1, 0.15) is 6.10 Å². The summed E-state index contributed by atoms with van der Waals surface area (Å²) in [6.07, 6.45) is 2.28. The van der Waals surface area contributed by atoms with E-state index in [2.05, 4.69) is 9.47 Å². The highest BCUT2D eigenvalue weighted by Crippen LogP contribution is 2.47. The molecule has 5 nitrogen and oxygen atoms in total. The second kappa shape index (κ2) is 3.34. The Kier molecular flexibility index (Phi) is 2.26. The zero-order chi connectivity index (χ0) is 11.1. The number of fused-ring (bicyclic) bond motifs is 1. The third-order valence-corrected chi connectivity index (χ3v) is 2.84. The first kappa shape index (κ1) is 10.2. The van der Waals surface area contributed by atoms with Gasteiger partial charge in [0.15, 0.2) is 5.60 Å². The van der Waals surface area contributed by atoms with Crippen LogP contribution >= 0.6 is 0 Å². The van der Waals surface area contributed by atoms with E-state index >= 15 is 0 Å². The van der Waals surface area contributed by atoms with Crippen LogP contribution in [0.25, 0.3) is 0 Å². The second-order valence-corrected chi connectivity index (χ2v) is 3.60. The molecule has 0 aromatic heterocycles. The Morgan fingerprint density at radius 1 is 1.47 bits per heavy atom. The smallest absolute Gasteiger partial charge is 0.341 e. The van der Waals surface area contributed by atoms with E-state index in [0.29, 0.717) is 18.4 Å². The van der Waals surface area contributed by atoms with Crippen molar-refractivity contribution in [3.05, 3.63) is 11.6 Å². The maximum Gasteiger partial charge on any atom is 0.341 e. The summed E-state index contributed by atoms with van der Waals surface area (Å²) in [5, 5.41) is 0. The van der Waals surface area contributed by atoms with Crippen molar-refractivity contribution in [1.29, 1.82) is 0 Å². The summed E-state index contributed by atoms with van der Waals surface area (Å²) in [4.78, 5) is 22.6. The van der Waals surface area contributed by atoms with E-state index in [-0.39, 0.29) is 18.0 Å². The van der Waals surface area contributed by atoms with Crippen LogP contribution in [0.3, 0.4) is 0 Å². The Morgan fingerprint density at radius 2 is 2.20 bits per heavy atom. The molecule has 2 atom stereocenters. The molecule has 0 amide bonds. The Bertz CT molecular complexity index is 346. The molecule has 15 heavy (non-hydrogen) atoms. The number of ether oxygens (including phenoxy) is 3. The summed E-state index contributed by atoms with van der Waals surface area (Å²) in [6.45, 7) is 0. The molecule has 1 saturated heterocycles. The zero-order valence-electron chi connectivity index (χ0n) is 8.61. The number of esters is 2. The highest BCUT2D eigenvalue weighted by atomic mass is 16.7. The Balaban J connectivity index is 2.11. The van der Waals surface area contributed by atoms with Crippen LogP contribution in [0, 0.1) is 0 Å². The highest BCUT2D eigenvalue weighted by molar-refractivity contribution is 5.91. The van der Waals surface area contributed by atoms with E-state index in [0.717, 1.165) is 0 Å². The lowest BCUT2D eigenvalue weighted by atomic mass is 9.89. The molecule has 1 aliphatic heterocycles. The van der Waals surface area contributed by atoms with Crippen LogP contribution < -0.4 is 0 Å². The minimum atomic E-state index is -0.827. The number of methoxy groups -OCH3 is 2. The average Bonchev–Trinajstić information content (AvgIpc) is 3.01. The minimum absolute atomic E-state index is 0.326. The van der Waals surface area contributed by atoms with Gasteiger partial charge in [-0.15, -0.1) is 0 Å². The normalized spacial score (nSPS) is 32.4. The van der Waals surface area contributed by atoms with E-state index in [9.17, 15) is 9.59 Å². The molecule has 1 fully saturated rings. The topological polar surface area (TPSA) is 65.1 Å². The molecule has 5 heteroatoms. The van der Waals surface area contributed by atoms with Crippen molar-refractivity contribution in [3.63, 3.8) is 0 Å². The Hall–Kier alpha value is -1.36. The summed E-state index contributed by atoms with van der Waals surface area (Å²) in [7, 11) is 2.66. The number of carbonyl (C=O) groups excluding carboxylic acids is 2. The fraction of sp³-hybridized carbons (Fsp3) is 0.600. The van der Waals surface area contributed by atoms with Crippen molar-refractivity contribution >= 4 is 11.9 Å². The summed E-state index contributed by atoms with van der Waals surface area (Å²) < 4.78 is 14.5. The molecule has 0 aromatic carbocycles. The van der Waals surface area contributed by atoms with Crippen LogP contribution in [0.1, 0.15) is 12.8 Å². The highest BCUT2D eigenvalue weighted by Gasteiger charge is 2.64. The average molecular weight is 212 g/mol. The molecular formula is C10H12O5. The molecule has 2 rings (SSSR count). The lowest BCUT2D eigenvalue weighted by Crippen LogP contribution is -2.31. The van der Waals surface area contributed by atoms with Crippen LogP contribution in [-0.2, 0) is 23.8 Å². The summed E-state index contributed by atoms with van der Waals surface area (Å²) in [6, 6.07) is 0. The maximum atomic E-state index is 11.4. The lowest BCUT2D eigenvalue weighted by molar-refractivity contribution is -0.147. The van der Waals surface area contributed by atoms with Crippen LogP contribution in [0.5, 0.6) is 0 Å². The first-order valence-electron chi connectivity index (χ1n) is 4.69. The predicted molar refractivity (Wildman–Crippen MR) is 49.0 cm³/mol. The van der Waals surface area contributed by atoms with Crippen molar-refractivity contribution in [2.75, 3.05) is 14.2 Å². The molecule has 0 N–H and O–H groups in total. The van der Waals surface area contributed by atoms with Gasteiger partial charge in [0.05, 0.1) is 14.2 Å². The molecule has 82 valence electrons. The largest absolute Gasteiger partial charge is 0.467 e. The first-order chi connectivity index (χ1) is 7.14. The molecule has 0 radical (unpaired) electrons. The van der Waals surface area contributed by atoms with E-state index in [1.807, 2.05) is 0 Å². The predicted octanol–water partition coefficient (Wildman–Crippen LogP) is 0.190. The molecule has 2 aliphatic rings. The monoisotopic (exact) mass is 212 g/mol. The molecule has 0 saturated carbocycles. The van der Waals surface area contributed by atoms with Crippen molar-refractivity contribution in [3.8, 4) is 0 Å². The molecule has 0 spiro atoms. The fourth-order valence-electron chi connectivity index (χ4n) is 1.89. The second-order valence-electron chi connectivity index (χ2n) is 3.60. The molecule has 1 heterocycles. The van der Waals surface area contributed by atoms with E-state index < -0.39 is 5.60 Å². The van der Waals surface area contributed by atoms with Gasteiger partial charge in [-0.25, -0.2) is 9.59 Å². The van der Waals surface area contributed by atoms with Crippen molar-refractivity contribution in [2.45, 2.75) is 24.5 Å². The van der Waals surface area contributed by atoms with Crippen LogP contribution in [0.2, 0.25) is 0 Å². The maximum absolute atomic E-state index is 11.4. The SMILES string of the molecule is COC(=O)C1=CC2OC2(C(=O)OC)CC1. The number of carbonyl (C=O) groups is 2.